The lowest BCUT2D eigenvalue weighted by Crippen LogP contribution is -2.43. The van der Waals surface area contributed by atoms with Crippen molar-refractivity contribution in [2.24, 2.45) is 17.3 Å². The minimum atomic E-state index is -1.50. The summed E-state index contributed by atoms with van der Waals surface area (Å²) in [5.41, 5.74) is -1.50. The first-order valence-electron chi connectivity index (χ1n) is 7.74. The van der Waals surface area contributed by atoms with E-state index in [1.807, 2.05) is 13.8 Å². The standard InChI is InChI=1S/C16H30O5/c1-6-21-15(19)16(14(17)18,11-13(4)5)8-10-20-9-7-12(2)3/h12-13H,6-11H2,1-5H3,(H,17,18). The number of carbonyl (C=O) groups excluding carboxylic acids is 1. The van der Waals surface area contributed by atoms with E-state index in [2.05, 4.69) is 13.8 Å². The molecule has 0 spiro atoms. The Balaban J connectivity index is 4.77. The third-order valence-corrected chi connectivity index (χ3v) is 3.34. The van der Waals surface area contributed by atoms with Crippen LogP contribution in [-0.2, 0) is 19.1 Å². The van der Waals surface area contributed by atoms with E-state index in [4.69, 9.17) is 9.47 Å². The van der Waals surface area contributed by atoms with Gasteiger partial charge in [-0.15, -0.1) is 0 Å². The number of ether oxygens (including phenoxy) is 2. The van der Waals surface area contributed by atoms with Crippen LogP contribution in [0.2, 0.25) is 0 Å². The molecule has 1 N–H and O–H groups in total. The van der Waals surface area contributed by atoms with E-state index in [0.717, 1.165) is 6.42 Å². The van der Waals surface area contributed by atoms with Gasteiger partial charge in [0.25, 0.3) is 0 Å². The molecule has 0 saturated carbocycles. The summed E-state index contributed by atoms with van der Waals surface area (Å²) in [7, 11) is 0. The van der Waals surface area contributed by atoms with Crippen LogP contribution in [0, 0.1) is 17.3 Å². The summed E-state index contributed by atoms with van der Waals surface area (Å²) < 4.78 is 10.5. The number of hydrogen-bond donors (Lipinski definition) is 1. The van der Waals surface area contributed by atoms with Crippen molar-refractivity contribution in [2.45, 2.75) is 53.9 Å². The van der Waals surface area contributed by atoms with E-state index < -0.39 is 17.4 Å². The summed E-state index contributed by atoms with van der Waals surface area (Å²) in [6.45, 7) is 10.7. The molecule has 0 fully saturated rings. The summed E-state index contributed by atoms with van der Waals surface area (Å²) in [5, 5.41) is 9.56. The molecule has 0 radical (unpaired) electrons. The van der Waals surface area contributed by atoms with Crippen molar-refractivity contribution in [1.82, 2.24) is 0 Å². The quantitative estimate of drug-likeness (QED) is 0.360. The lowest BCUT2D eigenvalue weighted by atomic mass is 9.77. The first-order valence-corrected chi connectivity index (χ1v) is 7.74. The molecule has 0 aliphatic heterocycles. The fraction of sp³-hybridized carbons (Fsp3) is 0.875. The maximum atomic E-state index is 12.2. The zero-order chi connectivity index (χ0) is 16.5. The van der Waals surface area contributed by atoms with Gasteiger partial charge in [-0.1, -0.05) is 27.7 Å². The highest BCUT2D eigenvalue weighted by molar-refractivity contribution is 5.99. The molecule has 0 aromatic heterocycles. The van der Waals surface area contributed by atoms with Crippen molar-refractivity contribution in [1.29, 1.82) is 0 Å². The van der Waals surface area contributed by atoms with Gasteiger partial charge in [0.15, 0.2) is 5.41 Å². The molecule has 0 aromatic carbocycles. The second kappa shape index (κ2) is 9.77. The Bertz CT molecular complexity index is 325. The number of esters is 1. The Morgan fingerprint density at radius 2 is 1.71 bits per heavy atom. The zero-order valence-corrected chi connectivity index (χ0v) is 14.0. The van der Waals surface area contributed by atoms with Crippen LogP contribution in [-0.4, -0.2) is 36.9 Å². The maximum absolute atomic E-state index is 12.2. The van der Waals surface area contributed by atoms with E-state index >= 15 is 0 Å². The number of carboxylic acids is 1. The molecule has 0 aromatic rings. The van der Waals surface area contributed by atoms with Gasteiger partial charge in [-0.25, -0.2) is 0 Å². The molecule has 0 bridgehead atoms. The fourth-order valence-electron chi connectivity index (χ4n) is 2.20. The number of carbonyl (C=O) groups is 2. The average molecular weight is 302 g/mol. The topological polar surface area (TPSA) is 72.8 Å². The van der Waals surface area contributed by atoms with Crippen molar-refractivity contribution in [3.05, 3.63) is 0 Å². The van der Waals surface area contributed by atoms with Crippen molar-refractivity contribution in [3.8, 4) is 0 Å². The van der Waals surface area contributed by atoms with Gasteiger partial charge in [-0.3, -0.25) is 9.59 Å². The molecule has 5 nitrogen and oxygen atoms in total. The number of hydrogen-bond acceptors (Lipinski definition) is 4. The summed E-state index contributed by atoms with van der Waals surface area (Å²) >= 11 is 0. The highest BCUT2D eigenvalue weighted by Gasteiger charge is 2.47. The lowest BCUT2D eigenvalue weighted by molar-refractivity contribution is -0.171. The third kappa shape index (κ3) is 6.93. The van der Waals surface area contributed by atoms with Crippen LogP contribution in [0.5, 0.6) is 0 Å². The largest absolute Gasteiger partial charge is 0.480 e. The molecule has 124 valence electrons. The number of aliphatic carboxylic acids is 1. The number of rotatable bonds is 11. The normalized spacial score (nSPS) is 14.2. The molecule has 0 heterocycles. The average Bonchev–Trinajstić information content (AvgIpc) is 2.35. The van der Waals surface area contributed by atoms with E-state index in [1.165, 1.54) is 0 Å². The molecule has 0 aliphatic rings. The van der Waals surface area contributed by atoms with Gasteiger partial charge in [0.1, 0.15) is 0 Å². The molecule has 21 heavy (non-hydrogen) atoms. The predicted octanol–water partition coefficient (Wildman–Crippen LogP) is 3.12. The smallest absolute Gasteiger partial charge is 0.323 e. The van der Waals surface area contributed by atoms with Gasteiger partial charge in [0, 0.05) is 13.2 Å². The minimum absolute atomic E-state index is 0.0844. The molecule has 1 atom stereocenters. The van der Waals surface area contributed by atoms with Crippen LogP contribution in [0.3, 0.4) is 0 Å². The number of carboxylic acid groups (broad SMARTS) is 1. The highest BCUT2D eigenvalue weighted by atomic mass is 16.5. The summed E-state index contributed by atoms with van der Waals surface area (Å²) in [6.07, 6.45) is 1.33. The summed E-state index contributed by atoms with van der Waals surface area (Å²) in [4.78, 5) is 23.8. The van der Waals surface area contributed by atoms with Crippen LogP contribution >= 0.6 is 0 Å². The molecule has 5 heteroatoms. The summed E-state index contributed by atoms with van der Waals surface area (Å²) in [6, 6.07) is 0. The fourth-order valence-corrected chi connectivity index (χ4v) is 2.20. The van der Waals surface area contributed by atoms with Gasteiger partial charge >= 0.3 is 11.9 Å². The van der Waals surface area contributed by atoms with Gasteiger partial charge < -0.3 is 14.6 Å². The van der Waals surface area contributed by atoms with Crippen molar-refractivity contribution in [2.75, 3.05) is 19.8 Å². The molecule has 0 rings (SSSR count). The molecule has 0 aliphatic carbocycles. The first-order chi connectivity index (χ1) is 9.76. The first kappa shape index (κ1) is 19.9. The molecule has 1 unspecified atom stereocenters. The Labute approximate surface area is 128 Å². The van der Waals surface area contributed by atoms with Crippen LogP contribution in [0.4, 0.5) is 0 Å². The van der Waals surface area contributed by atoms with E-state index in [-0.39, 0.29) is 32.0 Å². The Morgan fingerprint density at radius 1 is 1.10 bits per heavy atom. The molecular weight excluding hydrogens is 272 g/mol. The van der Waals surface area contributed by atoms with E-state index in [1.54, 1.807) is 6.92 Å². The Morgan fingerprint density at radius 3 is 2.14 bits per heavy atom. The second-order valence-electron chi connectivity index (χ2n) is 6.25. The lowest BCUT2D eigenvalue weighted by Gasteiger charge is -2.28. The monoisotopic (exact) mass is 302 g/mol. The van der Waals surface area contributed by atoms with E-state index in [0.29, 0.717) is 12.5 Å². The van der Waals surface area contributed by atoms with Crippen molar-refractivity contribution < 1.29 is 24.2 Å². The molecule has 0 saturated heterocycles. The zero-order valence-electron chi connectivity index (χ0n) is 14.0. The van der Waals surface area contributed by atoms with Crippen LogP contribution < -0.4 is 0 Å². The van der Waals surface area contributed by atoms with Crippen molar-refractivity contribution in [3.63, 3.8) is 0 Å². The third-order valence-electron chi connectivity index (χ3n) is 3.34. The molecule has 0 amide bonds. The molecular formula is C16H30O5. The predicted molar refractivity (Wildman–Crippen MR) is 81.0 cm³/mol. The highest BCUT2D eigenvalue weighted by Crippen LogP contribution is 2.33. The second-order valence-corrected chi connectivity index (χ2v) is 6.25. The van der Waals surface area contributed by atoms with E-state index in [9.17, 15) is 14.7 Å². The van der Waals surface area contributed by atoms with Crippen LogP contribution in [0.1, 0.15) is 53.9 Å². The summed E-state index contributed by atoms with van der Waals surface area (Å²) in [5.74, 6) is -1.16. The van der Waals surface area contributed by atoms with Gasteiger partial charge in [0.05, 0.1) is 6.61 Å². The Hall–Kier alpha value is -1.10. The van der Waals surface area contributed by atoms with Gasteiger partial charge in [0.2, 0.25) is 0 Å². The Kier molecular flexibility index (Phi) is 9.26. The van der Waals surface area contributed by atoms with Gasteiger partial charge in [-0.2, -0.15) is 0 Å². The minimum Gasteiger partial charge on any atom is -0.480 e. The van der Waals surface area contributed by atoms with Gasteiger partial charge in [-0.05, 0) is 38.0 Å². The SMILES string of the molecule is CCOC(=O)C(CCOCCC(C)C)(CC(C)C)C(=O)O. The maximum Gasteiger partial charge on any atom is 0.323 e. The van der Waals surface area contributed by atoms with Crippen LogP contribution in [0.25, 0.3) is 0 Å². The van der Waals surface area contributed by atoms with Crippen LogP contribution in [0.15, 0.2) is 0 Å². The van der Waals surface area contributed by atoms with Crippen molar-refractivity contribution >= 4 is 11.9 Å².